The van der Waals surface area contributed by atoms with Gasteiger partial charge in [-0.05, 0) is 17.7 Å². The molecule has 0 spiro atoms. The summed E-state index contributed by atoms with van der Waals surface area (Å²) < 4.78 is 6.79. The van der Waals surface area contributed by atoms with Crippen molar-refractivity contribution in [2.75, 3.05) is 12.8 Å². The number of rotatable bonds is 3. The van der Waals surface area contributed by atoms with Gasteiger partial charge in [0.15, 0.2) is 5.82 Å². The first-order chi connectivity index (χ1) is 12.2. The lowest BCUT2D eigenvalue weighted by Gasteiger charge is -2.08. The Labute approximate surface area is 146 Å². The van der Waals surface area contributed by atoms with Crippen molar-refractivity contribution in [1.82, 2.24) is 19.7 Å². The number of hydrogen-bond donors (Lipinski definition) is 1. The SMILES string of the molecule is COc1cccc(-c2csc3ncnc(-n4ncc(C#N)c4N)c23)c1. The van der Waals surface area contributed by atoms with Gasteiger partial charge in [-0.2, -0.15) is 15.0 Å². The van der Waals surface area contributed by atoms with Gasteiger partial charge >= 0.3 is 0 Å². The van der Waals surface area contributed by atoms with Crippen LogP contribution in [0.25, 0.3) is 27.2 Å². The molecule has 25 heavy (non-hydrogen) atoms. The highest BCUT2D eigenvalue weighted by molar-refractivity contribution is 7.17. The summed E-state index contributed by atoms with van der Waals surface area (Å²) in [6, 6.07) is 9.78. The fourth-order valence-electron chi connectivity index (χ4n) is 2.64. The van der Waals surface area contributed by atoms with Gasteiger partial charge in [0.05, 0.1) is 18.7 Å². The Bertz CT molecular complexity index is 1120. The summed E-state index contributed by atoms with van der Waals surface area (Å²) in [5, 5.41) is 16.2. The number of benzene rings is 1. The number of fused-ring (bicyclic) bond motifs is 1. The Morgan fingerprint density at radius 1 is 1.32 bits per heavy atom. The summed E-state index contributed by atoms with van der Waals surface area (Å²) in [5.74, 6) is 1.56. The lowest BCUT2D eigenvalue weighted by Crippen LogP contribution is -2.05. The molecule has 122 valence electrons. The van der Waals surface area contributed by atoms with Crippen LogP contribution in [0.3, 0.4) is 0 Å². The molecule has 3 aromatic heterocycles. The van der Waals surface area contributed by atoms with E-state index >= 15 is 0 Å². The van der Waals surface area contributed by atoms with Crippen LogP contribution in [-0.2, 0) is 0 Å². The number of thiophene rings is 1. The van der Waals surface area contributed by atoms with Crippen LogP contribution in [0, 0.1) is 11.3 Å². The van der Waals surface area contributed by atoms with Crippen LogP contribution in [0.1, 0.15) is 5.56 Å². The van der Waals surface area contributed by atoms with Gasteiger partial charge in [0.1, 0.15) is 34.4 Å². The zero-order chi connectivity index (χ0) is 17.4. The van der Waals surface area contributed by atoms with Crippen molar-refractivity contribution in [2.45, 2.75) is 0 Å². The van der Waals surface area contributed by atoms with Crippen LogP contribution in [-0.4, -0.2) is 26.9 Å². The number of nitrogen functional groups attached to an aromatic ring is 1. The predicted octanol–water partition coefficient (Wildman–Crippen LogP) is 3.01. The Morgan fingerprint density at radius 2 is 2.20 bits per heavy atom. The molecule has 4 rings (SSSR count). The molecule has 7 nitrogen and oxygen atoms in total. The summed E-state index contributed by atoms with van der Waals surface area (Å²) in [4.78, 5) is 9.52. The molecular weight excluding hydrogens is 336 g/mol. The molecule has 0 unspecified atom stereocenters. The maximum absolute atomic E-state index is 9.11. The summed E-state index contributed by atoms with van der Waals surface area (Å²) in [7, 11) is 1.63. The third-order valence-corrected chi connectivity index (χ3v) is 4.74. The van der Waals surface area contributed by atoms with Crippen molar-refractivity contribution in [3.8, 4) is 28.8 Å². The van der Waals surface area contributed by atoms with E-state index in [-0.39, 0.29) is 5.82 Å². The van der Waals surface area contributed by atoms with Crippen molar-refractivity contribution in [2.24, 2.45) is 0 Å². The van der Waals surface area contributed by atoms with Crippen molar-refractivity contribution >= 4 is 27.4 Å². The molecule has 3 heterocycles. The van der Waals surface area contributed by atoms with Gasteiger partial charge in [0, 0.05) is 10.9 Å². The molecule has 4 aromatic rings. The minimum absolute atomic E-state index is 0.255. The van der Waals surface area contributed by atoms with Crippen molar-refractivity contribution in [3.05, 3.63) is 47.7 Å². The minimum atomic E-state index is 0.255. The monoisotopic (exact) mass is 348 g/mol. The average molecular weight is 348 g/mol. The molecule has 1 aromatic carbocycles. The van der Waals surface area contributed by atoms with E-state index in [0.29, 0.717) is 11.4 Å². The Balaban J connectivity index is 1.99. The molecule has 0 amide bonds. The number of methoxy groups -OCH3 is 1. The van der Waals surface area contributed by atoms with Crippen molar-refractivity contribution in [1.29, 1.82) is 5.26 Å². The van der Waals surface area contributed by atoms with E-state index in [1.165, 1.54) is 28.5 Å². The standard InChI is InChI=1S/C17H12N6OS/c1-24-12-4-2-3-10(5-12)13-8-25-17-14(13)16(20-9-21-17)23-15(19)11(6-18)7-22-23/h2-5,7-9H,19H2,1H3. The van der Waals surface area contributed by atoms with E-state index in [9.17, 15) is 0 Å². The van der Waals surface area contributed by atoms with Crippen molar-refractivity contribution in [3.63, 3.8) is 0 Å². The van der Waals surface area contributed by atoms with E-state index in [2.05, 4.69) is 15.1 Å². The second-order valence-electron chi connectivity index (χ2n) is 5.23. The fourth-order valence-corrected chi connectivity index (χ4v) is 3.55. The normalized spacial score (nSPS) is 10.7. The number of nitriles is 1. The average Bonchev–Trinajstić information content (AvgIpc) is 3.25. The van der Waals surface area contributed by atoms with Gasteiger partial charge in [0.25, 0.3) is 0 Å². The molecule has 2 N–H and O–H groups in total. The molecule has 0 radical (unpaired) electrons. The topological polar surface area (TPSA) is 103 Å². The Hall–Kier alpha value is -3.44. The van der Waals surface area contributed by atoms with E-state index in [0.717, 1.165) is 27.1 Å². The minimum Gasteiger partial charge on any atom is -0.497 e. The van der Waals surface area contributed by atoms with Crippen LogP contribution in [0.5, 0.6) is 5.75 Å². The highest BCUT2D eigenvalue weighted by Gasteiger charge is 2.18. The van der Waals surface area contributed by atoms with Gasteiger partial charge in [-0.1, -0.05) is 12.1 Å². The van der Waals surface area contributed by atoms with Crippen molar-refractivity contribution < 1.29 is 4.74 Å². The van der Waals surface area contributed by atoms with E-state index in [4.69, 9.17) is 15.7 Å². The molecule has 8 heteroatoms. The number of nitrogens with zero attached hydrogens (tertiary/aromatic N) is 5. The predicted molar refractivity (Wildman–Crippen MR) is 95.7 cm³/mol. The zero-order valence-electron chi connectivity index (χ0n) is 13.2. The summed E-state index contributed by atoms with van der Waals surface area (Å²) in [6.45, 7) is 0. The highest BCUT2D eigenvalue weighted by atomic mass is 32.1. The number of aromatic nitrogens is 4. The van der Waals surface area contributed by atoms with Crippen LogP contribution in [0.15, 0.2) is 42.2 Å². The maximum atomic E-state index is 9.11. The van der Waals surface area contributed by atoms with E-state index < -0.39 is 0 Å². The zero-order valence-corrected chi connectivity index (χ0v) is 14.0. The van der Waals surface area contributed by atoms with Gasteiger partial charge in [-0.15, -0.1) is 11.3 Å². The number of hydrogen-bond acceptors (Lipinski definition) is 7. The summed E-state index contributed by atoms with van der Waals surface area (Å²) in [5.41, 5.74) is 8.29. The summed E-state index contributed by atoms with van der Waals surface area (Å²) >= 11 is 1.51. The molecule has 0 fully saturated rings. The molecule has 0 aliphatic heterocycles. The maximum Gasteiger partial charge on any atom is 0.168 e. The van der Waals surface area contributed by atoms with Crippen LogP contribution >= 0.6 is 11.3 Å². The van der Waals surface area contributed by atoms with E-state index in [1.54, 1.807) is 7.11 Å². The first kappa shape index (κ1) is 15.1. The fraction of sp³-hybridized carbons (Fsp3) is 0.0588. The molecule has 0 bridgehead atoms. The number of nitrogens with two attached hydrogens (primary N) is 1. The third kappa shape index (κ3) is 2.38. The van der Waals surface area contributed by atoms with Gasteiger partial charge in [-0.25, -0.2) is 9.97 Å². The molecule has 0 saturated carbocycles. The number of ether oxygens (including phenoxy) is 1. The Morgan fingerprint density at radius 3 is 2.96 bits per heavy atom. The molecule has 0 aliphatic carbocycles. The van der Waals surface area contributed by atoms with Crippen LogP contribution in [0.2, 0.25) is 0 Å². The quantitative estimate of drug-likeness (QED) is 0.610. The summed E-state index contributed by atoms with van der Waals surface area (Å²) in [6.07, 6.45) is 2.90. The van der Waals surface area contributed by atoms with Crippen LogP contribution in [0.4, 0.5) is 5.82 Å². The lowest BCUT2D eigenvalue weighted by molar-refractivity contribution is 0.415. The number of anilines is 1. The second-order valence-corrected chi connectivity index (χ2v) is 6.08. The molecule has 0 saturated heterocycles. The van der Waals surface area contributed by atoms with Gasteiger partial charge in [-0.3, -0.25) is 0 Å². The lowest BCUT2D eigenvalue weighted by atomic mass is 10.1. The third-order valence-electron chi connectivity index (χ3n) is 3.86. The molecule has 0 aliphatic rings. The van der Waals surface area contributed by atoms with Gasteiger partial charge in [0.2, 0.25) is 0 Å². The molecule has 0 atom stereocenters. The largest absolute Gasteiger partial charge is 0.497 e. The second kappa shape index (κ2) is 5.89. The smallest absolute Gasteiger partial charge is 0.168 e. The first-order valence-corrected chi connectivity index (χ1v) is 8.21. The van der Waals surface area contributed by atoms with Crippen LogP contribution < -0.4 is 10.5 Å². The Kier molecular flexibility index (Phi) is 3.56. The van der Waals surface area contributed by atoms with E-state index in [1.807, 2.05) is 35.7 Å². The molecular formula is C17H12N6OS. The first-order valence-electron chi connectivity index (χ1n) is 7.33. The highest BCUT2D eigenvalue weighted by Crippen LogP contribution is 2.37. The van der Waals surface area contributed by atoms with Gasteiger partial charge < -0.3 is 10.5 Å².